The second-order valence-electron chi connectivity index (χ2n) is 4.51. The van der Waals surface area contributed by atoms with Crippen molar-refractivity contribution in [3.63, 3.8) is 0 Å². The molecule has 0 aliphatic carbocycles. The summed E-state index contributed by atoms with van der Waals surface area (Å²) < 4.78 is 0. The summed E-state index contributed by atoms with van der Waals surface area (Å²) in [6, 6.07) is 10.2. The Bertz CT molecular complexity index is 307. The molecule has 1 fully saturated rings. The highest BCUT2D eigenvalue weighted by molar-refractivity contribution is 5.15. The highest BCUT2D eigenvalue weighted by atomic mass is 16.3. The molecule has 1 saturated heterocycles. The molecular weight excluding hydrogens is 200 g/mol. The molecule has 0 bridgehead atoms. The molecule has 1 aromatic carbocycles. The molecule has 1 heterocycles. The van der Waals surface area contributed by atoms with E-state index in [2.05, 4.69) is 29.0 Å². The first kappa shape index (κ1) is 11.6. The number of hydrogen-bond acceptors (Lipinski definition) is 3. The van der Waals surface area contributed by atoms with E-state index in [1.165, 1.54) is 5.56 Å². The molecule has 1 N–H and O–H groups in total. The average molecular weight is 220 g/mol. The van der Waals surface area contributed by atoms with Crippen LogP contribution >= 0.6 is 0 Å². The molecule has 1 aliphatic heterocycles. The minimum absolute atomic E-state index is 0.337. The molecule has 0 radical (unpaired) electrons. The van der Waals surface area contributed by atoms with E-state index in [0.29, 0.717) is 0 Å². The Balaban J connectivity index is 1.86. The maximum absolute atomic E-state index is 10.1. The van der Waals surface area contributed by atoms with Crippen LogP contribution in [0.25, 0.3) is 0 Å². The van der Waals surface area contributed by atoms with Crippen LogP contribution in [0, 0.1) is 0 Å². The van der Waals surface area contributed by atoms with Crippen LogP contribution in [0.4, 0.5) is 0 Å². The Kier molecular flexibility index (Phi) is 3.93. The predicted octanol–water partition coefficient (Wildman–Crippen LogP) is 0.795. The maximum atomic E-state index is 10.1. The monoisotopic (exact) mass is 220 g/mol. The van der Waals surface area contributed by atoms with Gasteiger partial charge in [0.05, 0.1) is 0 Å². The largest absolute Gasteiger partial charge is 0.378 e. The zero-order valence-corrected chi connectivity index (χ0v) is 9.84. The molecule has 1 unspecified atom stereocenters. The molecule has 3 nitrogen and oxygen atoms in total. The van der Waals surface area contributed by atoms with E-state index in [0.717, 1.165) is 32.6 Å². The van der Waals surface area contributed by atoms with Crippen LogP contribution in [0.15, 0.2) is 30.3 Å². The third kappa shape index (κ3) is 3.04. The molecule has 0 aromatic heterocycles. The van der Waals surface area contributed by atoms with Gasteiger partial charge in [-0.3, -0.25) is 4.90 Å². The lowest BCUT2D eigenvalue weighted by atomic mass is 10.1. The molecule has 2 rings (SSSR count). The minimum atomic E-state index is -0.337. The fourth-order valence-corrected chi connectivity index (χ4v) is 2.07. The first-order valence-corrected chi connectivity index (χ1v) is 5.90. The average Bonchev–Trinajstić information content (AvgIpc) is 2.31. The van der Waals surface area contributed by atoms with Gasteiger partial charge in [0.25, 0.3) is 0 Å². The quantitative estimate of drug-likeness (QED) is 0.816. The van der Waals surface area contributed by atoms with Gasteiger partial charge in [-0.2, -0.15) is 0 Å². The predicted molar refractivity (Wildman–Crippen MR) is 65.2 cm³/mol. The lowest BCUT2D eigenvalue weighted by Gasteiger charge is -2.35. The molecule has 0 amide bonds. The second kappa shape index (κ2) is 5.43. The van der Waals surface area contributed by atoms with Gasteiger partial charge in [-0.05, 0) is 12.6 Å². The second-order valence-corrected chi connectivity index (χ2v) is 4.51. The van der Waals surface area contributed by atoms with Gasteiger partial charge in [0.1, 0.15) is 6.23 Å². The van der Waals surface area contributed by atoms with Crippen molar-refractivity contribution in [2.24, 2.45) is 0 Å². The molecule has 88 valence electrons. The topological polar surface area (TPSA) is 26.7 Å². The number of aliphatic hydroxyl groups is 1. The van der Waals surface area contributed by atoms with Crippen molar-refractivity contribution >= 4 is 0 Å². The standard InChI is InChI=1S/C13H20N2O/c1-14-7-9-15(10-8-14)13(16)11-12-5-3-2-4-6-12/h2-6,13,16H,7-11H2,1H3. The van der Waals surface area contributed by atoms with E-state index >= 15 is 0 Å². The van der Waals surface area contributed by atoms with Crippen molar-refractivity contribution in [1.29, 1.82) is 0 Å². The minimum Gasteiger partial charge on any atom is -0.378 e. The summed E-state index contributed by atoms with van der Waals surface area (Å²) in [6.07, 6.45) is 0.390. The Morgan fingerprint density at radius 2 is 1.75 bits per heavy atom. The van der Waals surface area contributed by atoms with Gasteiger partial charge in [-0.25, -0.2) is 0 Å². The van der Waals surface area contributed by atoms with Crippen molar-refractivity contribution in [3.05, 3.63) is 35.9 Å². The van der Waals surface area contributed by atoms with E-state index in [9.17, 15) is 5.11 Å². The number of aliphatic hydroxyl groups excluding tert-OH is 1. The van der Waals surface area contributed by atoms with E-state index in [-0.39, 0.29) is 6.23 Å². The zero-order chi connectivity index (χ0) is 11.4. The van der Waals surface area contributed by atoms with Gasteiger partial charge in [0.15, 0.2) is 0 Å². The van der Waals surface area contributed by atoms with Crippen LogP contribution in [-0.2, 0) is 6.42 Å². The van der Waals surface area contributed by atoms with Crippen molar-refractivity contribution in [2.45, 2.75) is 12.6 Å². The van der Waals surface area contributed by atoms with Crippen LogP contribution in [0.1, 0.15) is 5.56 Å². The van der Waals surface area contributed by atoms with Gasteiger partial charge in [0.2, 0.25) is 0 Å². The fourth-order valence-electron chi connectivity index (χ4n) is 2.07. The molecule has 1 aliphatic rings. The van der Waals surface area contributed by atoms with Gasteiger partial charge in [-0.1, -0.05) is 30.3 Å². The smallest absolute Gasteiger partial charge is 0.111 e. The highest BCUT2D eigenvalue weighted by Crippen LogP contribution is 2.09. The first-order valence-electron chi connectivity index (χ1n) is 5.90. The number of piperazine rings is 1. The van der Waals surface area contributed by atoms with Crippen molar-refractivity contribution in [2.75, 3.05) is 33.2 Å². The number of rotatable bonds is 3. The molecule has 0 spiro atoms. The van der Waals surface area contributed by atoms with Crippen molar-refractivity contribution in [1.82, 2.24) is 9.80 Å². The third-order valence-corrected chi connectivity index (χ3v) is 3.22. The molecule has 0 saturated carbocycles. The summed E-state index contributed by atoms with van der Waals surface area (Å²) in [7, 11) is 2.13. The Labute approximate surface area is 97.3 Å². The number of hydrogen-bond donors (Lipinski definition) is 1. The zero-order valence-electron chi connectivity index (χ0n) is 9.84. The molecule has 16 heavy (non-hydrogen) atoms. The van der Waals surface area contributed by atoms with Crippen LogP contribution in [0.2, 0.25) is 0 Å². The van der Waals surface area contributed by atoms with E-state index in [4.69, 9.17) is 0 Å². The normalized spacial score (nSPS) is 20.9. The molecule has 3 heteroatoms. The van der Waals surface area contributed by atoms with Gasteiger partial charge >= 0.3 is 0 Å². The number of likely N-dealkylation sites (N-methyl/N-ethyl adjacent to an activating group) is 1. The van der Waals surface area contributed by atoms with Crippen LogP contribution in [0.5, 0.6) is 0 Å². The Morgan fingerprint density at radius 3 is 2.38 bits per heavy atom. The number of nitrogens with zero attached hydrogens (tertiary/aromatic N) is 2. The van der Waals surface area contributed by atoms with Gasteiger partial charge in [0, 0.05) is 32.6 Å². The summed E-state index contributed by atoms with van der Waals surface area (Å²) in [5.74, 6) is 0. The van der Waals surface area contributed by atoms with E-state index in [1.807, 2.05) is 18.2 Å². The summed E-state index contributed by atoms with van der Waals surface area (Å²) in [6.45, 7) is 4.02. The van der Waals surface area contributed by atoms with E-state index in [1.54, 1.807) is 0 Å². The SMILES string of the molecule is CN1CCN(C(O)Cc2ccccc2)CC1. The Hall–Kier alpha value is -0.900. The van der Waals surface area contributed by atoms with Crippen molar-refractivity contribution < 1.29 is 5.11 Å². The number of benzene rings is 1. The van der Waals surface area contributed by atoms with Gasteiger partial charge in [-0.15, -0.1) is 0 Å². The summed E-state index contributed by atoms with van der Waals surface area (Å²) in [4.78, 5) is 4.46. The third-order valence-electron chi connectivity index (χ3n) is 3.22. The lowest BCUT2D eigenvalue weighted by Crippen LogP contribution is -2.49. The lowest BCUT2D eigenvalue weighted by molar-refractivity contribution is -0.0203. The highest BCUT2D eigenvalue weighted by Gasteiger charge is 2.20. The summed E-state index contributed by atoms with van der Waals surface area (Å²) >= 11 is 0. The van der Waals surface area contributed by atoms with Gasteiger partial charge < -0.3 is 10.0 Å². The van der Waals surface area contributed by atoms with Crippen LogP contribution in [0.3, 0.4) is 0 Å². The molecule has 1 aromatic rings. The first-order chi connectivity index (χ1) is 7.75. The van der Waals surface area contributed by atoms with E-state index < -0.39 is 0 Å². The summed E-state index contributed by atoms with van der Waals surface area (Å²) in [5, 5.41) is 10.1. The molecule has 1 atom stereocenters. The van der Waals surface area contributed by atoms with Crippen molar-refractivity contribution in [3.8, 4) is 0 Å². The van der Waals surface area contributed by atoms with Crippen LogP contribution < -0.4 is 0 Å². The Morgan fingerprint density at radius 1 is 1.12 bits per heavy atom. The molecular formula is C13H20N2O. The summed E-state index contributed by atoms with van der Waals surface area (Å²) in [5.41, 5.74) is 1.20. The fraction of sp³-hybridized carbons (Fsp3) is 0.538. The van der Waals surface area contributed by atoms with Crippen LogP contribution in [-0.4, -0.2) is 54.4 Å². The maximum Gasteiger partial charge on any atom is 0.111 e.